The van der Waals surface area contributed by atoms with Crippen molar-refractivity contribution in [2.24, 2.45) is 0 Å². The van der Waals surface area contributed by atoms with Gasteiger partial charge in [0.1, 0.15) is 11.5 Å². The van der Waals surface area contributed by atoms with Gasteiger partial charge in [0.15, 0.2) is 0 Å². The lowest BCUT2D eigenvalue weighted by Crippen LogP contribution is -2.16. The minimum atomic E-state index is -2.70. The summed E-state index contributed by atoms with van der Waals surface area (Å²) < 4.78 is 25.8. The first kappa shape index (κ1) is 19.8. The Morgan fingerprint density at radius 1 is 1.00 bits per heavy atom. The Balaban J connectivity index is 2.77. The summed E-state index contributed by atoms with van der Waals surface area (Å²) in [5, 5.41) is 0. The molecular weight excluding hydrogens is 298 g/mol. The van der Waals surface area contributed by atoms with Gasteiger partial charge in [0, 0.05) is 12.0 Å². The topological polar surface area (TPSA) is 45.8 Å². The van der Waals surface area contributed by atoms with E-state index in [0.29, 0.717) is 5.82 Å². The predicted molar refractivity (Wildman–Crippen MR) is 90.1 cm³/mol. The number of H-pyrrole nitrogens is 1. The Labute approximate surface area is 137 Å². The highest BCUT2D eigenvalue weighted by Crippen LogP contribution is 2.27. The molecule has 23 heavy (non-hydrogen) atoms. The molecule has 0 atom stereocenters. The van der Waals surface area contributed by atoms with Crippen molar-refractivity contribution >= 4 is 0 Å². The van der Waals surface area contributed by atoms with Gasteiger partial charge >= 0.3 is 0 Å². The van der Waals surface area contributed by atoms with Gasteiger partial charge in [-0.25, -0.2) is 13.8 Å². The van der Waals surface area contributed by atoms with Gasteiger partial charge in [-0.15, -0.1) is 0 Å². The van der Waals surface area contributed by atoms with E-state index < -0.39 is 17.7 Å². The number of halogens is 2. The molecule has 0 saturated heterocycles. The summed E-state index contributed by atoms with van der Waals surface area (Å²) in [5.74, 6) is 0.524. The number of aromatic nitrogens is 2. The van der Waals surface area contributed by atoms with Crippen molar-refractivity contribution < 1.29 is 8.78 Å². The Bertz CT molecular complexity index is 476. The number of hydrogen-bond acceptors (Lipinski definition) is 2. The van der Waals surface area contributed by atoms with Gasteiger partial charge in [0.2, 0.25) is 0 Å². The van der Waals surface area contributed by atoms with Gasteiger partial charge < -0.3 is 4.98 Å². The van der Waals surface area contributed by atoms with E-state index in [2.05, 4.69) is 23.8 Å². The second-order valence-corrected chi connectivity index (χ2v) is 6.25. The molecule has 1 rings (SSSR count). The molecule has 0 saturated carbocycles. The summed E-state index contributed by atoms with van der Waals surface area (Å²) in [6, 6.07) is 0.902. The largest absolute Gasteiger partial charge is 0.310 e. The van der Waals surface area contributed by atoms with E-state index in [1.54, 1.807) is 0 Å². The van der Waals surface area contributed by atoms with Crippen molar-refractivity contribution in [2.45, 2.75) is 90.4 Å². The molecule has 0 unspecified atom stereocenters. The van der Waals surface area contributed by atoms with E-state index >= 15 is 0 Å². The third-order valence-electron chi connectivity index (χ3n) is 4.20. The van der Waals surface area contributed by atoms with Crippen LogP contribution in [0.1, 0.15) is 102 Å². The number of nitrogens with one attached hydrogen (secondary N) is 1. The van der Waals surface area contributed by atoms with Crippen LogP contribution in [0, 0.1) is 0 Å². The number of aromatic amines is 1. The fourth-order valence-corrected chi connectivity index (χ4v) is 2.85. The molecule has 0 radical (unpaired) electrons. The number of hydrogen-bond donors (Lipinski definition) is 1. The van der Waals surface area contributed by atoms with Crippen molar-refractivity contribution in [1.82, 2.24) is 9.97 Å². The highest BCUT2D eigenvalue weighted by molar-refractivity contribution is 5.07. The van der Waals surface area contributed by atoms with Crippen molar-refractivity contribution in [3.63, 3.8) is 0 Å². The molecule has 3 nitrogen and oxygen atoms in total. The van der Waals surface area contributed by atoms with Crippen molar-refractivity contribution in [1.29, 1.82) is 0 Å². The van der Waals surface area contributed by atoms with Crippen LogP contribution in [0.3, 0.4) is 0 Å². The molecule has 1 aromatic heterocycles. The van der Waals surface area contributed by atoms with E-state index in [9.17, 15) is 13.6 Å². The molecule has 0 aliphatic carbocycles. The Morgan fingerprint density at radius 3 is 2.04 bits per heavy atom. The van der Waals surface area contributed by atoms with Gasteiger partial charge in [0.25, 0.3) is 12.0 Å². The second-order valence-electron chi connectivity index (χ2n) is 6.25. The lowest BCUT2D eigenvalue weighted by Gasteiger charge is -2.17. The molecule has 5 heteroatoms. The van der Waals surface area contributed by atoms with Crippen LogP contribution >= 0.6 is 0 Å². The molecule has 1 aromatic rings. The molecule has 1 heterocycles. The molecule has 132 valence electrons. The maximum atomic E-state index is 12.9. The van der Waals surface area contributed by atoms with Crippen molar-refractivity contribution in [3.05, 3.63) is 27.9 Å². The fourth-order valence-electron chi connectivity index (χ4n) is 2.85. The maximum Gasteiger partial charge on any atom is 0.280 e. The molecule has 0 spiro atoms. The highest BCUT2D eigenvalue weighted by Gasteiger charge is 2.18. The first-order chi connectivity index (χ1) is 11.1. The van der Waals surface area contributed by atoms with Crippen LogP contribution in [-0.4, -0.2) is 9.97 Å². The SMILES string of the molecule is CCCCCCC(CCCCCC)c1nc(C(F)F)cc(=O)[nH]1. The van der Waals surface area contributed by atoms with Gasteiger partial charge in [-0.1, -0.05) is 65.2 Å². The van der Waals surface area contributed by atoms with E-state index in [1.165, 1.54) is 12.8 Å². The van der Waals surface area contributed by atoms with Crippen LogP contribution in [0.15, 0.2) is 10.9 Å². The highest BCUT2D eigenvalue weighted by atomic mass is 19.3. The van der Waals surface area contributed by atoms with Crippen LogP contribution in [0.4, 0.5) is 8.78 Å². The van der Waals surface area contributed by atoms with Crippen LogP contribution in [0.2, 0.25) is 0 Å². The standard InChI is InChI=1S/C18H30F2N2O/c1-3-5-7-9-11-14(12-10-8-6-4-2)18-21-15(17(19)20)13-16(23)22-18/h13-14,17H,3-12H2,1-2H3,(H,21,22,23). The van der Waals surface area contributed by atoms with Crippen LogP contribution in [-0.2, 0) is 0 Å². The molecule has 0 aliphatic rings. The molecular formula is C18H30F2N2O. The lowest BCUT2D eigenvalue weighted by atomic mass is 9.93. The predicted octanol–water partition coefficient (Wildman–Crippen LogP) is 5.73. The van der Waals surface area contributed by atoms with Crippen LogP contribution in [0.25, 0.3) is 0 Å². The number of unbranched alkanes of at least 4 members (excludes halogenated alkanes) is 6. The zero-order valence-corrected chi connectivity index (χ0v) is 14.4. The lowest BCUT2D eigenvalue weighted by molar-refractivity contribution is 0.145. The summed E-state index contributed by atoms with van der Waals surface area (Å²) in [6.45, 7) is 4.32. The zero-order valence-electron chi connectivity index (χ0n) is 14.4. The molecule has 1 N–H and O–H groups in total. The summed E-state index contributed by atoms with van der Waals surface area (Å²) in [7, 11) is 0. The van der Waals surface area contributed by atoms with Crippen molar-refractivity contribution in [3.8, 4) is 0 Å². The Hall–Kier alpha value is -1.26. The number of alkyl halides is 2. The molecule has 0 amide bonds. The summed E-state index contributed by atoms with van der Waals surface area (Å²) in [4.78, 5) is 18.4. The smallest absolute Gasteiger partial charge is 0.280 e. The average Bonchev–Trinajstić information content (AvgIpc) is 2.52. The van der Waals surface area contributed by atoms with Gasteiger partial charge in [-0.05, 0) is 12.8 Å². The Morgan fingerprint density at radius 2 is 1.57 bits per heavy atom. The molecule has 0 fully saturated rings. The van der Waals surface area contributed by atoms with Crippen LogP contribution in [0.5, 0.6) is 0 Å². The third-order valence-corrected chi connectivity index (χ3v) is 4.20. The quantitative estimate of drug-likeness (QED) is 0.498. The maximum absolute atomic E-state index is 12.9. The third kappa shape index (κ3) is 7.71. The van der Waals surface area contributed by atoms with Gasteiger partial charge in [-0.2, -0.15) is 0 Å². The van der Waals surface area contributed by atoms with E-state index in [1.807, 2.05) is 0 Å². The minimum absolute atomic E-state index is 0.0788. The zero-order chi connectivity index (χ0) is 17.1. The molecule has 0 bridgehead atoms. The first-order valence-corrected chi connectivity index (χ1v) is 8.97. The van der Waals surface area contributed by atoms with Gasteiger partial charge in [0.05, 0.1) is 0 Å². The van der Waals surface area contributed by atoms with Crippen LogP contribution < -0.4 is 5.56 Å². The normalized spacial score (nSPS) is 11.6. The monoisotopic (exact) mass is 328 g/mol. The van der Waals surface area contributed by atoms with E-state index in [0.717, 1.165) is 57.4 Å². The fraction of sp³-hybridized carbons (Fsp3) is 0.778. The summed E-state index contributed by atoms with van der Waals surface area (Å²) in [5.41, 5.74) is -0.881. The van der Waals surface area contributed by atoms with E-state index in [4.69, 9.17) is 0 Å². The summed E-state index contributed by atoms with van der Waals surface area (Å²) >= 11 is 0. The first-order valence-electron chi connectivity index (χ1n) is 8.97. The van der Waals surface area contributed by atoms with E-state index in [-0.39, 0.29) is 5.92 Å². The minimum Gasteiger partial charge on any atom is -0.310 e. The number of rotatable bonds is 12. The Kier molecular flexibility index (Phi) is 9.72. The molecule has 0 aliphatic heterocycles. The molecule has 0 aromatic carbocycles. The number of nitrogens with zero attached hydrogens (tertiary/aromatic N) is 1. The second kappa shape index (κ2) is 11.3. The van der Waals surface area contributed by atoms with Gasteiger partial charge in [-0.3, -0.25) is 4.79 Å². The average molecular weight is 328 g/mol. The summed E-state index contributed by atoms with van der Waals surface area (Å²) in [6.07, 6.45) is 8.19. The van der Waals surface area contributed by atoms with Crippen molar-refractivity contribution in [2.75, 3.05) is 0 Å².